The van der Waals surface area contributed by atoms with Crippen LogP contribution in [0, 0.1) is 0 Å². The summed E-state index contributed by atoms with van der Waals surface area (Å²) in [5.74, 6) is -0.775. The zero-order valence-corrected chi connectivity index (χ0v) is 10.9. The van der Waals surface area contributed by atoms with Gasteiger partial charge in [0.05, 0.1) is 13.2 Å². The number of amides is 1. The highest BCUT2D eigenvalue weighted by atomic mass is 16.5. The van der Waals surface area contributed by atoms with Crippen LogP contribution >= 0.6 is 0 Å². The van der Waals surface area contributed by atoms with Gasteiger partial charge in [0.25, 0.3) is 0 Å². The van der Waals surface area contributed by atoms with Crippen LogP contribution in [0.5, 0.6) is 0 Å². The van der Waals surface area contributed by atoms with E-state index < -0.39 is 5.97 Å². The Morgan fingerprint density at radius 1 is 1.28 bits per heavy atom. The van der Waals surface area contributed by atoms with Crippen LogP contribution in [-0.4, -0.2) is 42.3 Å². The molecule has 0 unspecified atom stereocenters. The third-order valence-electron chi connectivity index (χ3n) is 3.18. The fraction of sp³-hybridized carbons (Fsp3) is 0.769. The summed E-state index contributed by atoms with van der Waals surface area (Å²) in [5.41, 5.74) is 0. The average molecular weight is 255 g/mol. The van der Waals surface area contributed by atoms with Gasteiger partial charge in [-0.15, -0.1) is 0 Å². The number of ether oxygens (including phenoxy) is 1. The van der Waals surface area contributed by atoms with Crippen molar-refractivity contribution in [2.24, 2.45) is 0 Å². The van der Waals surface area contributed by atoms with E-state index >= 15 is 0 Å². The van der Waals surface area contributed by atoms with Gasteiger partial charge in [0.2, 0.25) is 6.41 Å². The average Bonchev–Trinajstić information content (AvgIpc) is 2.37. The lowest BCUT2D eigenvalue weighted by Gasteiger charge is -2.30. The van der Waals surface area contributed by atoms with Crippen molar-refractivity contribution in [2.45, 2.75) is 51.5 Å². The van der Waals surface area contributed by atoms with Crippen LogP contribution in [0.1, 0.15) is 45.4 Å². The van der Waals surface area contributed by atoms with Crippen molar-refractivity contribution < 1.29 is 19.1 Å². The lowest BCUT2D eigenvalue weighted by atomic mass is 9.94. The zero-order chi connectivity index (χ0) is 13.4. The molecule has 0 bridgehead atoms. The summed E-state index contributed by atoms with van der Waals surface area (Å²) < 4.78 is 4.71. The van der Waals surface area contributed by atoms with E-state index in [1.165, 1.54) is 11.3 Å². The molecule has 0 spiro atoms. The number of ketones is 1. The molecular formula is C13H21NO4. The van der Waals surface area contributed by atoms with Crippen molar-refractivity contribution in [3.05, 3.63) is 0 Å². The first kappa shape index (κ1) is 14.7. The van der Waals surface area contributed by atoms with Gasteiger partial charge in [-0.3, -0.25) is 14.4 Å². The maximum Gasteiger partial charge on any atom is 0.313 e. The first-order valence-electron chi connectivity index (χ1n) is 6.55. The number of hydrogen-bond donors (Lipinski definition) is 0. The Kier molecular flexibility index (Phi) is 6.39. The molecule has 1 rings (SSSR count). The van der Waals surface area contributed by atoms with Gasteiger partial charge in [0.1, 0.15) is 6.42 Å². The number of esters is 1. The molecule has 0 aromatic carbocycles. The van der Waals surface area contributed by atoms with Gasteiger partial charge in [-0.1, -0.05) is 19.3 Å². The predicted molar refractivity (Wildman–Crippen MR) is 65.9 cm³/mol. The molecule has 1 fully saturated rings. The highest BCUT2D eigenvalue weighted by Gasteiger charge is 2.22. The Morgan fingerprint density at radius 2 is 1.94 bits per heavy atom. The van der Waals surface area contributed by atoms with E-state index in [1.54, 1.807) is 6.92 Å². The first-order valence-corrected chi connectivity index (χ1v) is 6.55. The van der Waals surface area contributed by atoms with E-state index in [9.17, 15) is 14.4 Å². The number of rotatable bonds is 7. The van der Waals surface area contributed by atoms with Crippen LogP contribution in [0.4, 0.5) is 0 Å². The SMILES string of the molecule is CCOC(=O)CC(=O)CN(C=O)C1CCCCC1. The molecule has 18 heavy (non-hydrogen) atoms. The number of carbonyl (C=O) groups is 3. The minimum Gasteiger partial charge on any atom is -0.466 e. The molecule has 0 saturated heterocycles. The summed E-state index contributed by atoms with van der Waals surface area (Å²) in [6.07, 6.45) is 5.77. The molecule has 1 saturated carbocycles. The number of hydrogen-bond acceptors (Lipinski definition) is 4. The monoisotopic (exact) mass is 255 g/mol. The van der Waals surface area contributed by atoms with Crippen molar-refractivity contribution in [3.8, 4) is 0 Å². The van der Waals surface area contributed by atoms with E-state index in [4.69, 9.17) is 4.74 Å². The Balaban J connectivity index is 2.39. The lowest BCUT2D eigenvalue weighted by molar-refractivity contribution is -0.146. The molecule has 0 aromatic heterocycles. The first-order chi connectivity index (χ1) is 8.67. The van der Waals surface area contributed by atoms with Crippen LogP contribution < -0.4 is 0 Å². The van der Waals surface area contributed by atoms with Crippen molar-refractivity contribution in [1.29, 1.82) is 0 Å². The Labute approximate surface area is 107 Å². The van der Waals surface area contributed by atoms with Crippen LogP contribution in [0.3, 0.4) is 0 Å². The van der Waals surface area contributed by atoms with Gasteiger partial charge in [-0.05, 0) is 19.8 Å². The molecule has 0 aromatic rings. The summed E-state index contributed by atoms with van der Waals surface area (Å²) in [5, 5.41) is 0. The Hall–Kier alpha value is -1.39. The summed E-state index contributed by atoms with van der Waals surface area (Å²) in [6.45, 7) is 1.99. The van der Waals surface area contributed by atoms with E-state index in [2.05, 4.69) is 0 Å². The summed E-state index contributed by atoms with van der Waals surface area (Å²) in [4.78, 5) is 35.3. The fourth-order valence-corrected chi connectivity index (χ4v) is 2.30. The van der Waals surface area contributed by atoms with Gasteiger partial charge in [-0.25, -0.2) is 0 Å². The van der Waals surface area contributed by atoms with Crippen molar-refractivity contribution in [2.75, 3.05) is 13.2 Å². The summed E-state index contributed by atoms with van der Waals surface area (Å²) in [6, 6.07) is 0.155. The maximum absolute atomic E-state index is 11.6. The molecule has 5 heteroatoms. The van der Waals surface area contributed by atoms with Crippen molar-refractivity contribution in [1.82, 2.24) is 4.90 Å². The maximum atomic E-state index is 11.6. The molecule has 0 radical (unpaired) electrons. The lowest BCUT2D eigenvalue weighted by Crippen LogP contribution is -2.39. The second-order valence-corrected chi connectivity index (χ2v) is 4.59. The zero-order valence-electron chi connectivity index (χ0n) is 10.9. The van der Waals surface area contributed by atoms with Gasteiger partial charge >= 0.3 is 5.97 Å². The van der Waals surface area contributed by atoms with E-state index in [0.717, 1.165) is 32.1 Å². The normalized spacial score (nSPS) is 16.1. The molecule has 1 amide bonds. The minimum atomic E-state index is -0.517. The van der Waals surface area contributed by atoms with Crippen LogP contribution in [0.25, 0.3) is 0 Å². The molecule has 102 valence electrons. The molecule has 5 nitrogen and oxygen atoms in total. The highest BCUT2D eigenvalue weighted by molar-refractivity contribution is 5.97. The van der Waals surface area contributed by atoms with E-state index in [1.807, 2.05) is 0 Å². The molecule has 1 aliphatic carbocycles. The standard InChI is InChI=1S/C13H21NO4/c1-2-18-13(17)8-12(16)9-14(10-15)11-6-4-3-5-7-11/h10-11H,2-9H2,1H3. The quantitative estimate of drug-likeness (QED) is 0.391. The van der Waals surface area contributed by atoms with Gasteiger partial charge in [-0.2, -0.15) is 0 Å². The molecular weight excluding hydrogens is 234 g/mol. The molecule has 0 N–H and O–H groups in total. The largest absolute Gasteiger partial charge is 0.466 e. The number of carbonyl (C=O) groups excluding carboxylic acids is 3. The van der Waals surface area contributed by atoms with Gasteiger partial charge in [0, 0.05) is 6.04 Å². The summed E-state index contributed by atoms with van der Waals surface area (Å²) >= 11 is 0. The second kappa shape index (κ2) is 7.84. The van der Waals surface area contributed by atoms with Crippen LogP contribution in [-0.2, 0) is 19.1 Å². The number of Topliss-reactive ketones (excluding diaryl/α,β-unsaturated/α-hetero) is 1. The van der Waals surface area contributed by atoms with E-state index in [-0.39, 0.29) is 31.4 Å². The Bertz CT molecular complexity index is 297. The van der Waals surface area contributed by atoms with Crippen LogP contribution in [0.2, 0.25) is 0 Å². The van der Waals surface area contributed by atoms with E-state index in [0.29, 0.717) is 0 Å². The minimum absolute atomic E-state index is 0.0208. The summed E-state index contributed by atoms with van der Waals surface area (Å²) in [7, 11) is 0. The van der Waals surface area contributed by atoms with Gasteiger partial charge < -0.3 is 9.64 Å². The van der Waals surface area contributed by atoms with Crippen LogP contribution in [0.15, 0.2) is 0 Å². The number of nitrogens with zero attached hydrogens (tertiary/aromatic N) is 1. The third kappa shape index (κ3) is 4.85. The van der Waals surface area contributed by atoms with Gasteiger partial charge in [0.15, 0.2) is 5.78 Å². The molecule has 0 aliphatic heterocycles. The predicted octanol–water partition coefficient (Wildman–Crippen LogP) is 1.30. The third-order valence-corrected chi connectivity index (χ3v) is 3.18. The fourth-order valence-electron chi connectivity index (χ4n) is 2.30. The van der Waals surface area contributed by atoms with Crippen molar-refractivity contribution >= 4 is 18.2 Å². The highest BCUT2D eigenvalue weighted by Crippen LogP contribution is 2.21. The second-order valence-electron chi connectivity index (χ2n) is 4.59. The van der Waals surface area contributed by atoms with Crippen molar-refractivity contribution in [3.63, 3.8) is 0 Å². The smallest absolute Gasteiger partial charge is 0.313 e. The molecule has 1 aliphatic rings. The molecule has 0 heterocycles. The Morgan fingerprint density at radius 3 is 2.50 bits per heavy atom. The topological polar surface area (TPSA) is 63.7 Å². The molecule has 0 atom stereocenters.